The molecular formula is C26H31N3O5. The second kappa shape index (κ2) is 11.1. The molecule has 0 radical (unpaired) electrons. The summed E-state index contributed by atoms with van der Waals surface area (Å²) in [4.78, 5) is 51.3. The van der Waals surface area contributed by atoms with E-state index >= 15 is 0 Å². The normalized spacial score (nSPS) is 14.8. The fourth-order valence-electron chi connectivity index (χ4n) is 4.02. The topological polar surface area (TPSA) is 116 Å². The zero-order valence-corrected chi connectivity index (χ0v) is 19.7. The Morgan fingerprint density at radius 1 is 0.971 bits per heavy atom. The van der Waals surface area contributed by atoms with Crippen LogP contribution in [0, 0.1) is 12.8 Å². The van der Waals surface area contributed by atoms with E-state index in [2.05, 4.69) is 10.6 Å². The van der Waals surface area contributed by atoms with Crippen LogP contribution in [0.15, 0.2) is 48.5 Å². The van der Waals surface area contributed by atoms with E-state index in [1.54, 1.807) is 18.2 Å². The Hall–Kier alpha value is -3.52. The molecule has 3 N–H and O–H groups in total. The maximum absolute atomic E-state index is 12.9. The molecule has 3 amide bonds. The first-order valence-electron chi connectivity index (χ1n) is 11.4. The van der Waals surface area contributed by atoms with Crippen molar-refractivity contribution in [2.75, 3.05) is 6.54 Å². The highest BCUT2D eigenvalue weighted by Gasteiger charge is 2.36. The summed E-state index contributed by atoms with van der Waals surface area (Å²) >= 11 is 0. The molecule has 2 unspecified atom stereocenters. The molecule has 8 nitrogen and oxygen atoms in total. The molecule has 2 aromatic carbocycles. The quantitative estimate of drug-likeness (QED) is 0.440. The molecule has 34 heavy (non-hydrogen) atoms. The number of imide groups is 1. The smallest absolute Gasteiger partial charge is 0.320 e. The second-order valence-electron chi connectivity index (χ2n) is 9.04. The summed E-state index contributed by atoms with van der Waals surface area (Å²) in [6.07, 6.45) is 0.428. The summed E-state index contributed by atoms with van der Waals surface area (Å²) in [5.41, 5.74) is 2.47. The summed E-state index contributed by atoms with van der Waals surface area (Å²) in [6.45, 7) is 6.02. The van der Waals surface area contributed by atoms with E-state index in [0.29, 0.717) is 24.1 Å². The highest BCUT2D eigenvalue weighted by Crippen LogP contribution is 2.24. The number of hydrogen-bond donors (Lipinski definition) is 3. The molecule has 1 heterocycles. The first-order valence-corrected chi connectivity index (χ1v) is 11.4. The molecule has 3 rings (SSSR count). The maximum atomic E-state index is 12.9. The number of nitrogens with zero attached hydrogens (tertiary/aromatic N) is 1. The van der Waals surface area contributed by atoms with Gasteiger partial charge in [-0.1, -0.05) is 55.8 Å². The minimum Gasteiger partial charge on any atom is -0.480 e. The Morgan fingerprint density at radius 3 is 2.29 bits per heavy atom. The maximum Gasteiger partial charge on any atom is 0.320 e. The fourth-order valence-corrected chi connectivity index (χ4v) is 4.02. The van der Waals surface area contributed by atoms with Crippen LogP contribution in [0.3, 0.4) is 0 Å². The molecule has 1 aliphatic heterocycles. The number of aryl methyl sites for hydroxylation is 1. The second-order valence-corrected chi connectivity index (χ2v) is 9.04. The SMILES string of the molecule is Cc1ccc2c(c1)C(=O)N(CCC(NC(CC(C)C)C(=O)NCc1ccccc1)C(=O)O)C2=O. The molecule has 0 fully saturated rings. The lowest BCUT2D eigenvalue weighted by Gasteiger charge is -2.25. The highest BCUT2D eigenvalue weighted by atomic mass is 16.4. The van der Waals surface area contributed by atoms with Gasteiger partial charge in [0, 0.05) is 13.1 Å². The zero-order chi connectivity index (χ0) is 24.8. The molecule has 0 aromatic heterocycles. The number of rotatable bonds is 11. The lowest BCUT2D eigenvalue weighted by atomic mass is 10.0. The van der Waals surface area contributed by atoms with Crippen LogP contribution in [0.4, 0.5) is 0 Å². The third-order valence-corrected chi connectivity index (χ3v) is 5.80. The highest BCUT2D eigenvalue weighted by molar-refractivity contribution is 6.21. The Kier molecular flexibility index (Phi) is 8.17. The van der Waals surface area contributed by atoms with Gasteiger partial charge in [0.05, 0.1) is 17.2 Å². The summed E-state index contributed by atoms with van der Waals surface area (Å²) in [7, 11) is 0. The number of carbonyl (C=O) groups excluding carboxylic acids is 3. The molecule has 1 aliphatic rings. The van der Waals surface area contributed by atoms with Crippen LogP contribution in [-0.2, 0) is 16.1 Å². The Morgan fingerprint density at radius 2 is 1.65 bits per heavy atom. The van der Waals surface area contributed by atoms with Crippen LogP contribution in [0.2, 0.25) is 0 Å². The minimum atomic E-state index is -1.14. The average Bonchev–Trinajstić information content (AvgIpc) is 3.03. The molecule has 0 spiro atoms. The number of fused-ring (bicyclic) bond motifs is 1. The lowest BCUT2D eigenvalue weighted by Crippen LogP contribution is -2.52. The van der Waals surface area contributed by atoms with E-state index in [1.807, 2.05) is 51.1 Å². The lowest BCUT2D eigenvalue weighted by molar-refractivity contribution is -0.140. The van der Waals surface area contributed by atoms with Crippen molar-refractivity contribution < 1.29 is 24.3 Å². The Bertz CT molecular complexity index is 1070. The van der Waals surface area contributed by atoms with Gasteiger partial charge in [0.1, 0.15) is 6.04 Å². The van der Waals surface area contributed by atoms with Crippen LogP contribution >= 0.6 is 0 Å². The van der Waals surface area contributed by atoms with Crippen molar-refractivity contribution in [3.8, 4) is 0 Å². The van der Waals surface area contributed by atoms with Gasteiger partial charge in [0.25, 0.3) is 11.8 Å². The van der Waals surface area contributed by atoms with E-state index < -0.39 is 29.9 Å². The number of carbonyl (C=O) groups is 4. The number of amides is 3. The minimum absolute atomic E-state index is 0.0135. The van der Waals surface area contributed by atoms with Crippen molar-refractivity contribution in [3.05, 3.63) is 70.8 Å². The first-order chi connectivity index (χ1) is 16.2. The molecule has 2 atom stereocenters. The molecule has 8 heteroatoms. The van der Waals surface area contributed by atoms with Crippen LogP contribution in [0.25, 0.3) is 0 Å². The van der Waals surface area contributed by atoms with Gasteiger partial charge in [0.2, 0.25) is 5.91 Å². The zero-order valence-electron chi connectivity index (χ0n) is 19.7. The van der Waals surface area contributed by atoms with Gasteiger partial charge in [-0.3, -0.25) is 29.4 Å². The van der Waals surface area contributed by atoms with Gasteiger partial charge < -0.3 is 10.4 Å². The van der Waals surface area contributed by atoms with Crippen molar-refractivity contribution in [1.29, 1.82) is 0 Å². The van der Waals surface area contributed by atoms with E-state index in [0.717, 1.165) is 16.0 Å². The standard InChI is InChI=1S/C26H31N3O5/c1-16(2)13-22(23(30)27-15-18-7-5-4-6-8-18)28-21(26(33)34)11-12-29-24(31)19-10-9-17(3)14-20(19)25(29)32/h4-10,14,16,21-22,28H,11-13,15H2,1-3H3,(H,27,30)(H,33,34). The molecule has 180 valence electrons. The predicted octanol–water partition coefficient (Wildman–Crippen LogP) is 2.76. The van der Waals surface area contributed by atoms with Crippen molar-refractivity contribution in [3.63, 3.8) is 0 Å². The summed E-state index contributed by atoms with van der Waals surface area (Å²) in [6, 6.07) is 12.7. The molecular weight excluding hydrogens is 434 g/mol. The van der Waals surface area contributed by atoms with Crippen molar-refractivity contribution in [2.24, 2.45) is 5.92 Å². The number of hydrogen-bond acceptors (Lipinski definition) is 5. The summed E-state index contributed by atoms with van der Waals surface area (Å²) in [5, 5.41) is 15.6. The largest absolute Gasteiger partial charge is 0.480 e. The third-order valence-electron chi connectivity index (χ3n) is 5.80. The van der Waals surface area contributed by atoms with E-state index in [1.165, 1.54) is 0 Å². The molecule has 0 aliphatic carbocycles. The Labute approximate surface area is 199 Å². The number of nitrogens with one attached hydrogen (secondary N) is 2. The summed E-state index contributed by atoms with van der Waals surface area (Å²) < 4.78 is 0. The van der Waals surface area contributed by atoms with Gasteiger partial charge in [-0.2, -0.15) is 0 Å². The van der Waals surface area contributed by atoms with Gasteiger partial charge in [0.15, 0.2) is 0 Å². The fraction of sp³-hybridized carbons (Fsp3) is 0.385. The molecule has 2 aromatic rings. The van der Waals surface area contributed by atoms with Gasteiger partial charge in [-0.05, 0) is 43.4 Å². The van der Waals surface area contributed by atoms with E-state index in [-0.39, 0.29) is 24.8 Å². The Balaban J connectivity index is 1.65. The first kappa shape index (κ1) is 25.1. The number of carboxylic acids is 1. The van der Waals surface area contributed by atoms with Crippen LogP contribution in [0.1, 0.15) is 58.5 Å². The predicted molar refractivity (Wildman–Crippen MR) is 127 cm³/mol. The van der Waals surface area contributed by atoms with Gasteiger partial charge in [-0.15, -0.1) is 0 Å². The van der Waals surface area contributed by atoms with Crippen LogP contribution in [-0.4, -0.2) is 52.3 Å². The average molecular weight is 466 g/mol. The summed E-state index contributed by atoms with van der Waals surface area (Å²) in [5.74, 6) is -2.14. The van der Waals surface area contributed by atoms with Crippen molar-refractivity contribution in [2.45, 2.75) is 52.2 Å². The number of benzene rings is 2. The van der Waals surface area contributed by atoms with Gasteiger partial charge >= 0.3 is 5.97 Å². The number of carboxylic acid groups (broad SMARTS) is 1. The van der Waals surface area contributed by atoms with Crippen molar-refractivity contribution in [1.82, 2.24) is 15.5 Å². The molecule has 0 saturated carbocycles. The van der Waals surface area contributed by atoms with E-state index in [9.17, 15) is 24.3 Å². The molecule has 0 saturated heterocycles. The monoisotopic (exact) mass is 465 g/mol. The van der Waals surface area contributed by atoms with Crippen LogP contribution < -0.4 is 10.6 Å². The van der Waals surface area contributed by atoms with Crippen molar-refractivity contribution >= 4 is 23.7 Å². The van der Waals surface area contributed by atoms with Crippen LogP contribution in [0.5, 0.6) is 0 Å². The number of aliphatic carboxylic acids is 1. The van der Waals surface area contributed by atoms with E-state index in [4.69, 9.17) is 0 Å². The molecule has 0 bridgehead atoms. The van der Waals surface area contributed by atoms with Gasteiger partial charge in [-0.25, -0.2) is 0 Å². The third kappa shape index (κ3) is 6.08.